The van der Waals surface area contributed by atoms with E-state index in [1.807, 2.05) is 30.9 Å². The second-order valence-electron chi connectivity index (χ2n) is 3.75. The molecule has 0 radical (unpaired) electrons. The SMILES string of the molecule is CC(C)OCc1cn(Cc2cscn2)nn1. The van der Waals surface area contributed by atoms with E-state index in [-0.39, 0.29) is 6.10 Å². The highest BCUT2D eigenvalue weighted by atomic mass is 32.1. The summed E-state index contributed by atoms with van der Waals surface area (Å²) >= 11 is 1.58. The van der Waals surface area contributed by atoms with Crippen LogP contribution in [0.3, 0.4) is 0 Å². The van der Waals surface area contributed by atoms with Gasteiger partial charge >= 0.3 is 0 Å². The maximum absolute atomic E-state index is 5.45. The lowest BCUT2D eigenvalue weighted by Crippen LogP contribution is -2.02. The van der Waals surface area contributed by atoms with Crippen LogP contribution in [0, 0.1) is 0 Å². The van der Waals surface area contributed by atoms with Crippen molar-refractivity contribution in [2.24, 2.45) is 0 Å². The van der Waals surface area contributed by atoms with E-state index in [2.05, 4.69) is 15.3 Å². The van der Waals surface area contributed by atoms with Gasteiger partial charge in [0.2, 0.25) is 0 Å². The standard InChI is InChI=1S/C10H14N4OS/c1-8(2)15-5-9-3-14(13-12-9)4-10-6-16-7-11-10/h3,6-8H,4-5H2,1-2H3. The van der Waals surface area contributed by atoms with Crippen molar-refractivity contribution in [3.8, 4) is 0 Å². The molecule has 0 bridgehead atoms. The van der Waals surface area contributed by atoms with Crippen molar-refractivity contribution in [3.05, 3.63) is 28.5 Å². The lowest BCUT2D eigenvalue weighted by atomic mass is 10.4. The third-order valence-corrected chi connectivity index (χ3v) is 2.59. The van der Waals surface area contributed by atoms with Gasteiger partial charge in [-0.3, -0.25) is 0 Å². The number of rotatable bonds is 5. The maximum atomic E-state index is 5.45. The highest BCUT2D eigenvalue weighted by molar-refractivity contribution is 7.07. The first-order valence-electron chi connectivity index (χ1n) is 5.11. The van der Waals surface area contributed by atoms with Crippen LogP contribution in [0.15, 0.2) is 17.1 Å². The number of aromatic nitrogens is 4. The molecular weight excluding hydrogens is 224 g/mol. The molecule has 0 aromatic carbocycles. The molecule has 0 saturated carbocycles. The van der Waals surface area contributed by atoms with E-state index in [0.717, 1.165) is 11.4 Å². The van der Waals surface area contributed by atoms with Gasteiger partial charge in [-0.1, -0.05) is 5.21 Å². The number of hydrogen-bond donors (Lipinski definition) is 0. The predicted molar refractivity (Wildman–Crippen MR) is 61.2 cm³/mol. The van der Waals surface area contributed by atoms with Gasteiger partial charge in [0.05, 0.1) is 36.7 Å². The number of thiazole rings is 1. The second kappa shape index (κ2) is 5.18. The zero-order valence-corrected chi connectivity index (χ0v) is 10.1. The van der Waals surface area contributed by atoms with Gasteiger partial charge in [0.25, 0.3) is 0 Å². The molecule has 0 fully saturated rings. The van der Waals surface area contributed by atoms with Gasteiger partial charge in [0.1, 0.15) is 5.69 Å². The number of hydrogen-bond acceptors (Lipinski definition) is 5. The zero-order chi connectivity index (χ0) is 11.4. The van der Waals surface area contributed by atoms with Crippen molar-refractivity contribution >= 4 is 11.3 Å². The van der Waals surface area contributed by atoms with Crippen LogP contribution >= 0.6 is 11.3 Å². The van der Waals surface area contributed by atoms with Gasteiger partial charge in [-0.15, -0.1) is 16.4 Å². The van der Waals surface area contributed by atoms with Crippen molar-refractivity contribution in [3.63, 3.8) is 0 Å². The molecule has 2 aromatic heterocycles. The Balaban J connectivity index is 1.92. The molecule has 16 heavy (non-hydrogen) atoms. The fraction of sp³-hybridized carbons (Fsp3) is 0.500. The second-order valence-corrected chi connectivity index (χ2v) is 4.47. The van der Waals surface area contributed by atoms with Crippen molar-refractivity contribution < 1.29 is 4.74 Å². The largest absolute Gasteiger partial charge is 0.372 e. The number of ether oxygens (including phenoxy) is 1. The molecule has 0 spiro atoms. The van der Waals surface area contributed by atoms with Crippen molar-refractivity contribution in [1.82, 2.24) is 20.0 Å². The molecule has 2 aromatic rings. The smallest absolute Gasteiger partial charge is 0.108 e. The molecule has 0 aliphatic rings. The van der Waals surface area contributed by atoms with E-state index in [9.17, 15) is 0 Å². The molecule has 5 nitrogen and oxygen atoms in total. The Labute approximate surface area is 98.1 Å². The monoisotopic (exact) mass is 238 g/mol. The molecule has 0 aliphatic heterocycles. The summed E-state index contributed by atoms with van der Waals surface area (Å²) in [6, 6.07) is 0. The summed E-state index contributed by atoms with van der Waals surface area (Å²) in [6.45, 7) is 5.17. The van der Waals surface area contributed by atoms with Gasteiger partial charge in [0.15, 0.2) is 0 Å². The first-order valence-corrected chi connectivity index (χ1v) is 6.06. The minimum Gasteiger partial charge on any atom is -0.372 e. The first-order chi connectivity index (χ1) is 7.74. The minimum absolute atomic E-state index is 0.212. The van der Waals surface area contributed by atoms with Gasteiger partial charge in [-0.2, -0.15) is 0 Å². The minimum atomic E-state index is 0.212. The van der Waals surface area contributed by atoms with Crippen molar-refractivity contribution in [2.75, 3.05) is 0 Å². The summed E-state index contributed by atoms with van der Waals surface area (Å²) in [5.41, 5.74) is 3.67. The predicted octanol–water partition coefficient (Wildman–Crippen LogP) is 1.71. The molecule has 0 N–H and O–H groups in total. The molecule has 0 aliphatic carbocycles. The van der Waals surface area contributed by atoms with Crippen molar-refractivity contribution in [1.29, 1.82) is 0 Å². The summed E-state index contributed by atoms with van der Waals surface area (Å²) in [7, 11) is 0. The van der Waals surface area contributed by atoms with Crippen LogP contribution in [-0.4, -0.2) is 26.1 Å². The molecule has 6 heteroatoms. The van der Waals surface area contributed by atoms with E-state index >= 15 is 0 Å². The van der Waals surface area contributed by atoms with Gasteiger partial charge < -0.3 is 4.74 Å². The molecule has 0 unspecified atom stereocenters. The Bertz CT molecular complexity index is 424. The lowest BCUT2D eigenvalue weighted by molar-refractivity contribution is 0.0635. The fourth-order valence-corrected chi connectivity index (χ4v) is 1.77. The molecular formula is C10H14N4OS. The maximum Gasteiger partial charge on any atom is 0.108 e. The van der Waals surface area contributed by atoms with Crippen LogP contribution < -0.4 is 0 Å². The Kier molecular flexibility index (Phi) is 3.63. The van der Waals surface area contributed by atoms with Crippen LogP contribution in [0.4, 0.5) is 0 Å². The molecule has 86 valence electrons. The molecule has 0 atom stereocenters. The third-order valence-electron chi connectivity index (χ3n) is 1.96. The lowest BCUT2D eigenvalue weighted by Gasteiger charge is -2.03. The van der Waals surface area contributed by atoms with E-state index < -0.39 is 0 Å². The topological polar surface area (TPSA) is 52.8 Å². The Morgan fingerprint density at radius 3 is 3.00 bits per heavy atom. The van der Waals surface area contributed by atoms with E-state index in [4.69, 9.17) is 4.74 Å². The highest BCUT2D eigenvalue weighted by Gasteiger charge is 2.03. The summed E-state index contributed by atoms with van der Waals surface area (Å²) in [4.78, 5) is 4.19. The Morgan fingerprint density at radius 2 is 2.31 bits per heavy atom. The number of nitrogens with zero attached hydrogens (tertiary/aromatic N) is 4. The molecule has 0 saturated heterocycles. The van der Waals surface area contributed by atoms with Crippen LogP contribution in [0.5, 0.6) is 0 Å². The fourth-order valence-electron chi connectivity index (χ4n) is 1.22. The summed E-state index contributed by atoms with van der Waals surface area (Å²) in [5, 5.41) is 10.1. The van der Waals surface area contributed by atoms with E-state index in [1.165, 1.54) is 0 Å². The van der Waals surface area contributed by atoms with E-state index in [0.29, 0.717) is 13.2 Å². The molecule has 0 amide bonds. The van der Waals surface area contributed by atoms with Gasteiger partial charge in [0, 0.05) is 5.38 Å². The van der Waals surface area contributed by atoms with Gasteiger partial charge in [-0.25, -0.2) is 9.67 Å². The van der Waals surface area contributed by atoms with Crippen LogP contribution in [-0.2, 0) is 17.9 Å². The van der Waals surface area contributed by atoms with Crippen LogP contribution in [0.1, 0.15) is 25.2 Å². The normalized spacial score (nSPS) is 11.2. The molecule has 2 rings (SSSR count). The average molecular weight is 238 g/mol. The summed E-state index contributed by atoms with van der Waals surface area (Å²) < 4.78 is 7.22. The van der Waals surface area contributed by atoms with Crippen LogP contribution in [0.25, 0.3) is 0 Å². The first kappa shape index (κ1) is 11.2. The quantitative estimate of drug-likeness (QED) is 0.795. The summed E-state index contributed by atoms with van der Waals surface area (Å²) in [5.74, 6) is 0. The van der Waals surface area contributed by atoms with Crippen LogP contribution in [0.2, 0.25) is 0 Å². The van der Waals surface area contributed by atoms with Gasteiger partial charge in [-0.05, 0) is 13.8 Å². The van der Waals surface area contributed by atoms with E-state index in [1.54, 1.807) is 16.0 Å². The highest BCUT2D eigenvalue weighted by Crippen LogP contribution is 2.04. The average Bonchev–Trinajstić information content (AvgIpc) is 2.87. The molecule has 2 heterocycles. The Hall–Kier alpha value is -1.27. The van der Waals surface area contributed by atoms with Crippen molar-refractivity contribution in [2.45, 2.75) is 33.1 Å². The Morgan fingerprint density at radius 1 is 1.44 bits per heavy atom. The summed E-state index contributed by atoms with van der Waals surface area (Å²) in [6.07, 6.45) is 2.10. The third kappa shape index (κ3) is 3.11. The zero-order valence-electron chi connectivity index (χ0n) is 9.33.